The van der Waals surface area contributed by atoms with Crippen LogP contribution in [0.1, 0.15) is 113 Å². The minimum absolute atomic E-state index is 0.0705. The van der Waals surface area contributed by atoms with Crippen molar-refractivity contribution < 1.29 is 9.59 Å². The van der Waals surface area contributed by atoms with Gasteiger partial charge in [-0.3, -0.25) is 14.6 Å². The Morgan fingerprint density at radius 2 is 1.64 bits per heavy atom. The van der Waals surface area contributed by atoms with Gasteiger partial charge in [-0.2, -0.15) is 0 Å². The standard InChI is InChI=1S/C39H60N6O2/c1-26-34(37(46)42-24-35-27(2)39(28(3)43-38(35)47)19-11-9-7-8-10-12-20-39)21-30(29-13-16-32(41-23-29)25-44(4)5)22-36(26)45(6)33-17-14-31(40)15-18-33/h13,16,21-23,27-28,31,33,35H,7-12,14-15,17-20,24-25,40H2,1-6H3,(H,42,46)(H,43,47). The molecule has 2 heterocycles. The summed E-state index contributed by atoms with van der Waals surface area (Å²) < 4.78 is 0. The Hall–Kier alpha value is -2.97. The lowest BCUT2D eigenvalue weighted by atomic mass is 9.59. The zero-order chi connectivity index (χ0) is 33.7. The summed E-state index contributed by atoms with van der Waals surface area (Å²) in [5.74, 6) is -0.102. The normalized spacial score (nSPS) is 26.6. The molecule has 0 radical (unpaired) electrons. The van der Waals surface area contributed by atoms with E-state index in [1.807, 2.05) is 26.4 Å². The molecule has 8 nitrogen and oxygen atoms in total. The first-order chi connectivity index (χ1) is 22.5. The number of hydrogen-bond donors (Lipinski definition) is 3. The predicted molar refractivity (Wildman–Crippen MR) is 192 cm³/mol. The summed E-state index contributed by atoms with van der Waals surface area (Å²) in [4.78, 5) is 36.8. The number of nitrogens with zero attached hydrogens (tertiary/aromatic N) is 3. The van der Waals surface area contributed by atoms with Gasteiger partial charge in [0.25, 0.3) is 5.91 Å². The monoisotopic (exact) mass is 644 g/mol. The number of carbonyl (C=O) groups is 2. The number of benzene rings is 1. The Kier molecular flexibility index (Phi) is 11.7. The topological polar surface area (TPSA) is 104 Å². The molecule has 3 unspecified atom stereocenters. The summed E-state index contributed by atoms with van der Waals surface area (Å²) in [6.45, 7) is 7.65. The van der Waals surface area contributed by atoms with Gasteiger partial charge >= 0.3 is 0 Å². The number of pyridine rings is 1. The number of carbonyl (C=O) groups excluding carboxylic acids is 2. The SMILES string of the molecule is Cc1c(C(=O)NCC2C(=O)NC(C)C3(CCCCCCCC3)C2C)cc(-c2ccc(CN(C)C)nc2)cc1N(C)C1CCC(N)CC1. The lowest BCUT2D eigenvalue weighted by molar-refractivity contribution is -0.137. The molecular weight excluding hydrogens is 584 g/mol. The molecule has 2 saturated carbocycles. The molecule has 2 aliphatic carbocycles. The van der Waals surface area contributed by atoms with E-state index in [9.17, 15) is 9.59 Å². The zero-order valence-electron chi connectivity index (χ0n) is 29.9. The number of aromatic nitrogens is 1. The van der Waals surface area contributed by atoms with Crippen LogP contribution in [0.25, 0.3) is 11.1 Å². The molecule has 258 valence electrons. The minimum Gasteiger partial charge on any atom is -0.371 e. The van der Waals surface area contributed by atoms with Crippen LogP contribution in [0.15, 0.2) is 30.5 Å². The highest BCUT2D eigenvalue weighted by Crippen LogP contribution is 2.48. The summed E-state index contributed by atoms with van der Waals surface area (Å²) in [5, 5.41) is 6.61. The average molecular weight is 645 g/mol. The maximum atomic E-state index is 14.2. The fourth-order valence-electron chi connectivity index (χ4n) is 8.85. The van der Waals surface area contributed by atoms with Gasteiger partial charge in [0, 0.05) is 61.3 Å². The van der Waals surface area contributed by atoms with Crippen molar-refractivity contribution >= 4 is 17.5 Å². The largest absolute Gasteiger partial charge is 0.371 e. The van der Waals surface area contributed by atoms with Crippen molar-refractivity contribution in [1.82, 2.24) is 20.5 Å². The maximum Gasteiger partial charge on any atom is 0.251 e. The molecular formula is C39H60N6O2. The van der Waals surface area contributed by atoms with Gasteiger partial charge in [0.15, 0.2) is 0 Å². The third-order valence-electron chi connectivity index (χ3n) is 12.0. The zero-order valence-corrected chi connectivity index (χ0v) is 29.9. The summed E-state index contributed by atoms with van der Waals surface area (Å²) in [7, 11) is 6.23. The van der Waals surface area contributed by atoms with E-state index in [4.69, 9.17) is 10.7 Å². The summed E-state index contributed by atoms with van der Waals surface area (Å²) in [5.41, 5.74) is 12.0. The van der Waals surface area contributed by atoms with Crippen LogP contribution in [0.3, 0.4) is 0 Å². The molecule has 5 rings (SSSR count). The Bertz CT molecular complexity index is 1360. The van der Waals surface area contributed by atoms with Crippen molar-refractivity contribution in [2.45, 2.75) is 122 Å². The van der Waals surface area contributed by atoms with Crippen LogP contribution >= 0.6 is 0 Å². The van der Waals surface area contributed by atoms with Crippen molar-refractivity contribution in [3.8, 4) is 11.1 Å². The number of amides is 2. The molecule has 2 aromatic rings. The first-order valence-electron chi connectivity index (χ1n) is 18.3. The molecule has 0 bridgehead atoms. The molecule has 1 spiro atoms. The summed E-state index contributed by atoms with van der Waals surface area (Å²) >= 11 is 0. The molecule has 47 heavy (non-hydrogen) atoms. The van der Waals surface area contributed by atoms with Crippen molar-refractivity contribution in [3.63, 3.8) is 0 Å². The van der Waals surface area contributed by atoms with E-state index >= 15 is 0 Å². The summed E-state index contributed by atoms with van der Waals surface area (Å²) in [6.07, 6.45) is 15.9. The fraction of sp³-hybridized carbons (Fsp3) is 0.667. The highest BCUT2D eigenvalue weighted by Gasteiger charge is 2.50. The Morgan fingerprint density at radius 3 is 2.26 bits per heavy atom. The smallest absolute Gasteiger partial charge is 0.251 e. The van der Waals surface area contributed by atoms with E-state index in [1.54, 1.807) is 0 Å². The average Bonchev–Trinajstić information content (AvgIpc) is 3.17. The van der Waals surface area contributed by atoms with E-state index in [1.165, 1.54) is 38.5 Å². The Labute approximate surface area is 283 Å². The van der Waals surface area contributed by atoms with Crippen LogP contribution in [-0.2, 0) is 11.3 Å². The first kappa shape index (κ1) is 35.3. The van der Waals surface area contributed by atoms with Crippen LogP contribution < -0.4 is 21.3 Å². The van der Waals surface area contributed by atoms with Gasteiger partial charge in [-0.15, -0.1) is 0 Å². The lowest BCUT2D eigenvalue weighted by Crippen LogP contribution is -2.61. The molecule has 1 aromatic heterocycles. The van der Waals surface area contributed by atoms with Gasteiger partial charge in [0.05, 0.1) is 11.6 Å². The number of rotatable bonds is 8. The van der Waals surface area contributed by atoms with Crippen LogP contribution in [0.2, 0.25) is 0 Å². The third-order valence-corrected chi connectivity index (χ3v) is 12.0. The van der Waals surface area contributed by atoms with Crippen LogP contribution in [0, 0.1) is 24.2 Å². The van der Waals surface area contributed by atoms with E-state index in [2.05, 4.69) is 66.5 Å². The predicted octanol–water partition coefficient (Wildman–Crippen LogP) is 6.45. The van der Waals surface area contributed by atoms with Gasteiger partial charge in [-0.1, -0.05) is 51.5 Å². The second-order valence-electron chi connectivity index (χ2n) is 15.3. The highest BCUT2D eigenvalue weighted by atomic mass is 16.2. The molecule has 4 N–H and O–H groups in total. The molecule has 8 heteroatoms. The quantitative estimate of drug-likeness (QED) is 0.306. The number of anilines is 1. The van der Waals surface area contributed by atoms with E-state index in [-0.39, 0.29) is 41.1 Å². The molecule has 3 fully saturated rings. The number of piperidine rings is 1. The van der Waals surface area contributed by atoms with Gasteiger partial charge in [-0.05, 0) is 107 Å². The van der Waals surface area contributed by atoms with E-state index < -0.39 is 0 Å². The molecule has 1 aliphatic heterocycles. The first-order valence-corrected chi connectivity index (χ1v) is 18.3. The molecule has 2 amide bonds. The van der Waals surface area contributed by atoms with E-state index in [0.29, 0.717) is 18.2 Å². The van der Waals surface area contributed by atoms with Crippen molar-refractivity contribution in [2.24, 2.45) is 23.0 Å². The van der Waals surface area contributed by atoms with Gasteiger partial charge < -0.3 is 26.2 Å². The fourth-order valence-corrected chi connectivity index (χ4v) is 8.85. The molecule has 1 saturated heterocycles. The maximum absolute atomic E-state index is 14.2. The summed E-state index contributed by atoms with van der Waals surface area (Å²) in [6, 6.07) is 9.19. The lowest BCUT2D eigenvalue weighted by Gasteiger charge is -2.51. The molecule has 3 aliphatic rings. The number of hydrogen-bond acceptors (Lipinski definition) is 6. The minimum atomic E-state index is -0.249. The van der Waals surface area contributed by atoms with Gasteiger partial charge in [0.1, 0.15) is 0 Å². The van der Waals surface area contributed by atoms with E-state index in [0.717, 1.165) is 73.1 Å². The second-order valence-corrected chi connectivity index (χ2v) is 15.3. The van der Waals surface area contributed by atoms with Crippen LogP contribution in [0.4, 0.5) is 5.69 Å². The highest BCUT2D eigenvalue weighted by molar-refractivity contribution is 5.99. The van der Waals surface area contributed by atoms with Crippen molar-refractivity contribution in [2.75, 3.05) is 32.6 Å². The second kappa shape index (κ2) is 15.5. The van der Waals surface area contributed by atoms with Crippen LogP contribution in [0.5, 0.6) is 0 Å². The van der Waals surface area contributed by atoms with Gasteiger partial charge in [0.2, 0.25) is 5.91 Å². The van der Waals surface area contributed by atoms with Crippen molar-refractivity contribution in [1.29, 1.82) is 0 Å². The Balaban J connectivity index is 1.42. The van der Waals surface area contributed by atoms with Gasteiger partial charge in [-0.25, -0.2) is 0 Å². The third kappa shape index (κ3) is 8.02. The van der Waals surface area contributed by atoms with Crippen molar-refractivity contribution in [3.05, 3.63) is 47.3 Å². The Morgan fingerprint density at radius 1 is 0.979 bits per heavy atom. The number of nitrogens with two attached hydrogens (primary N) is 1. The molecule has 1 aromatic carbocycles. The van der Waals surface area contributed by atoms with Crippen LogP contribution in [-0.4, -0.2) is 67.5 Å². The molecule has 3 atom stereocenters. The number of nitrogens with one attached hydrogen (secondary N) is 2.